The largest absolute Gasteiger partial charge is 0.503 e. The molecule has 3 aromatic rings. The van der Waals surface area contributed by atoms with Crippen LogP contribution in [0.4, 0.5) is 8.78 Å². The molecule has 8 heteroatoms. The van der Waals surface area contributed by atoms with Crippen molar-refractivity contribution in [3.8, 4) is 11.8 Å². The molecule has 4 nitrogen and oxygen atoms in total. The number of H-pyrrole nitrogens is 1. The Morgan fingerprint density at radius 1 is 1.27 bits per heavy atom. The number of nitrogens with zero attached hydrogens (tertiary/aromatic N) is 1. The quantitative estimate of drug-likeness (QED) is 0.641. The van der Waals surface area contributed by atoms with E-state index in [1.54, 1.807) is 0 Å². The summed E-state index contributed by atoms with van der Waals surface area (Å²) in [4.78, 5) is 15.6. The monoisotopic (exact) mass is 390 g/mol. The normalized spacial score (nSPS) is 10.7. The number of nitrogens with one attached hydrogen (secondary N) is 1. The highest BCUT2D eigenvalue weighted by Crippen LogP contribution is 2.29. The number of thioether (sulfide) groups is 1. The molecule has 2 heterocycles. The standard InChI is InChI=1S/C18H12F2N2O2S2/c19-14-4-10(5-15(20)17(14)24)9-26-18-13(8-21)11(7-16(23)22-18)6-12-2-1-3-25-12/h1-5,7,24H,6,9H2,(H,22,23). The van der Waals surface area contributed by atoms with Crippen LogP contribution in [-0.4, -0.2) is 10.1 Å². The minimum absolute atomic E-state index is 0.126. The third-order valence-corrected chi connectivity index (χ3v) is 5.56. The molecule has 0 saturated carbocycles. The Balaban J connectivity index is 1.89. The first-order valence-electron chi connectivity index (χ1n) is 7.46. The van der Waals surface area contributed by atoms with Crippen molar-refractivity contribution in [2.45, 2.75) is 17.2 Å². The molecule has 26 heavy (non-hydrogen) atoms. The minimum Gasteiger partial charge on any atom is -0.503 e. The molecule has 132 valence electrons. The first-order chi connectivity index (χ1) is 12.5. The summed E-state index contributed by atoms with van der Waals surface area (Å²) in [6.45, 7) is 0. The summed E-state index contributed by atoms with van der Waals surface area (Å²) >= 11 is 2.63. The SMILES string of the molecule is N#Cc1c(Cc2cccs2)cc(=O)[nH]c1SCc1cc(F)c(O)c(F)c1. The van der Waals surface area contributed by atoms with E-state index in [9.17, 15) is 18.8 Å². The highest BCUT2D eigenvalue weighted by Gasteiger charge is 2.14. The lowest BCUT2D eigenvalue weighted by molar-refractivity contribution is 0.395. The van der Waals surface area contributed by atoms with E-state index < -0.39 is 17.4 Å². The maximum Gasteiger partial charge on any atom is 0.249 e. The van der Waals surface area contributed by atoms with Gasteiger partial charge in [-0.15, -0.1) is 23.1 Å². The average Bonchev–Trinajstić information content (AvgIpc) is 3.10. The summed E-state index contributed by atoms with van der Waals surface area (Å²) in [5, 5.41) is 20.9. The number of hydrogen-bond donors (Lipinski definition) is 2. The molecule has 1 aromatic carbocycles. The van der Waals surface area contributed by atoms with E-state index in [2.05, 4.69) is 11.1 Å². The average molecular weight is 390 g/mol. The fourth-order valence-corrected chi connectivity index (χ4v) is 4.11. The molecular formula is C18H12F2N2O2S2. The van der Waals surface area contributed by atoms with Crippen LogP contribution in [0, 0.1) is 23.0 Å². The van der Waals surface area contributed by atoms with Crippen molar-refractivity contribution >= 4 is 23.1 Å². The van der Waals surface area contributed by atoms with Gasteiger partial charge in [-0.25, -0.2) is 8.78 Å². The Bertz CT molecular complexity index is 1020. The number of benzene rings is 1. The van der Waals surface area contributed by atoms with E-state index in [1.165, 1.54) is 17.4 Å². The lowest BCUT2D eigenvalue weighted by atomic mass is 10.1. The zero-order valence-electron chi connectivity index (χ0n) is 13.3. The molecule has 0 spiro atoms. The lowest BCUT2D eigenvalue weighted by Crippen LogP contribution is -2.10. The molecule has 2 aromatic heterocycles. The Morgan fingerprint density at radius 3 is 2.62 bits per heavy atom. The topological polar surface area (TPSA) is 76.9 Å². The van der Waals surface area contributed by atoms with Crippen LogP contribution in [0.2, 0.25) is 0 Å². The maximum absolute atomic E-state index is 13.4. The highest BCUT2D eigenvalue weighted by molar-refractivity contribution is 7.98. The van der Waals surface area contributed by atoms with E-state index in [0.717, 1.165) is 28.8 Å². The summed E-state index contributed by atoms with van der Waals surface area (Å²) < 4.78 is 26.9. The zero-order valence-corrected chi connectivity index (χ0v) is 14.9. The van der Waals surface area contributed by atoms with Crippen LogP contribution in [-0.2, 0) is 12.2 Å². The van der Waals surface area contributed by atoms with Crippen molar-refractivity contribution < 1.29 is 13.9 Å². The maximum atomic E-state index is 13.4. The highest BCUT2D eigenvalue weighted by atomic mass is 32.2. The lowest BCUT2D eigenvalue weighted by Gasteiger charge is -2.09. The van der Waals surface area contributed by atoms with Gasteiger partial charge in [0.2, 0.25) is 5.56 Å². The first kappa shape index (κ1) is 18.2. The zero-order chi connectivity index (χ0) is 18.7. The van der Waals surface area contributed by atoms with Crippen molar-refractivity contribution in [1.29, 1.82) is 5.26 Å². The Hall–Kier alpha value is -2.63. The van der Waals surface area contributed by atoms with Crippen LogP contribution in [0.25, 0.3) is 0 Å². The van der Waals surface area contributed by atoms with Crippen LogP contribution in [0.3, 0.4) is 0 Å². The summed E-state index contributed by atoms with van der Waals surface area (Å²) in [5.74, 6) is -3.01. The second kappa shape index (κ2) is 7.72. The molecule has 0 amide bonds. The third kappa shape index (κ3) is 3.95. The predicted octanol–water partition coefficient (Wildman–Crippen LogP) is 4.17. The van der Waals surface area contributed by atoms with Crippen LogP contribution in [0.5, 0.6) is 5.75 Å². The van der Waals surface area contributed by atoms with Crippen molar-refractivity contribution in [2.75, 3.05) is 0 Å². The van der Waals surface area contributed by atoms with Gasteiger partial charge in [0.15, 0.2) is 17.4 Å². The van der Waals surface area contributed by atoms with Gasteiger partial charge in [0.05, 0.1) is 10.6 Å². The Kier molecular flexibility index (Phi) is 5.40. The van der Waals surface area contributed by atoms with Gasteiger partial charge in [0.25, 0.3) is 0 Å². The number of pyridine rings is 1. The number of halogens is 2. The summed E-state index contributed by atoms with van der Waals surface area (Å²) in [7, 11) is 0. The van der Waals surface area contributed by atoms with Crippen LogP contribution in [0.1, 0.15) is 21.6 Å². The molecule has 0 aliphatic rings. The number of nitriles is 1. The summed E-state index contributed by atoms with van der Waals surface area (Å²) in [6, 6.07) is 9.34. The van der Waals surface area contributed by atoms with E-state index in [-0.39, 0.29) is 16.9 Å². The molecule has 2 N–H and O–H groups in total. The van der Waals surface area contributed by atoms with Gasteiger partial charge in [0.1, 0.15) is 6.07 Å². The van der Waals surface area contributed by atoms with E-state index in [0.29, 0.717) is 22.6 Å². The van der Waals surface area contributed by atoms with Crippen molar-refractivity contribution in [1.82, 2.24) is 4.98 Å². The second-order valence-electron chi connectivity index (χ2n) is 5.43. The van der Waals surface area contributed by atoms with Gasteiger partial charge in [-0.2, -0.15) is 5.26 Å². The molecule has 0 bridgehead atoms. The van der Waals surface area contributed by atoms with E-state index >= 15 is 0 Å². The number of thiophene rings is 1. The van der Waals surface area contributed by atoms with Gasteiger partial charge >= 0.3 is 0 Å². The second-order valence-corrected chi connectivity index (χ2v) is 7.45. The minimum atomic E-state index is -1.05. The van der Waals surface area contributed by atoms with Gasteiger partial charge in [-0.1, -0.05) is 6.07 Å². The molecular weight excluding hydrogens is 378 g/mol. The molecule has 0 unspecified atom stereocenters. The van der Waals surface area contributed by atoms with E-state index in [4.69, 9.17) is 5.11 Å². The molecule has 0 aliphatic carbocycles. The van der Waals surface area contributed by atoms with E-state index in [1.807, 2.05) is 17.5 Å². The number of phenolic OH excluding ortho intramolecular Hbond substituents is 1. The summed E-state index contributed by atoms with van der Waals surface area (Å²) in [6.07, 6.45) is 0.459. The van der Waals surface area contributed by atoms with Crippen LogP contribution >= 0.6 is 23.1 Å². The van der Waals surface area contributed by atoms with Gasteiger partial charge in [-0.3, -0.25) is 4.79 Å². The van der Waals surface area contributed by atoms with Crippen molar-refractivity contribution in [3.05, 3.63) is 79.3 Å². The summed E-state index contributed by atoms with van der Waals surface area (Å²) in [5.41, 5.74) is 0.879. The van der Waals surface area contributed by atoms with Crippen LogP contribution < -0.4 is 5.56 Å². The fourth-order valence-electron chi connectivity index (χ4n) is 2.41. The van der Waals surface area contributed by atoms with Crippen LogP contribution in [0.15, 0.2) is 45.5 Å². The predicted molar refractivity (Wildman–Crippen MR) is 96.5 cm³/mol. The molecule has 0 saturated heterocycles. The van der Waals surface area contributed by atoms with Gasteiger partial charge < -0.3 is 10.1 Å². The number of aromatic hydroxyl groups is 1. The Morgan fingerprint density at radius 2 is 2.00 bits per heavy atom. The number of rotatable bonds is 5. The van der Waals surface area contributed by atoms with Crippen molar-refractivity contribution in [2.24, 2.45) is 0 Å². The number of hydrogen-bond acceptors (Lipinski definition) is 5. The fraction of sp³-hybridized carbons (Fsp3) is 0.111. The molecule has 0 fully saturated rings. The smallest absolute Gasteiger partial charge is 0.249 e. The first-order valence-corrected chi connectivity index (χ1v) is 9.33. The van der Waals surface area contributed by atoms with Gasteiger partial charge in [-0.05, 0) is 34.7 Å². The number of aromatic nitrogens is 1. The molecule has 3 rings (SSSR count). The molecule has 0 radical (unpaired) electrons. The third-order valence-electron chi connectivity index (χ3n) is 3.61. The molecule has 0 atom stereocenters. The van der Waals surface area contributed by atoms with Crippen molar-refractivity contribution in [3.63, 3.8) is 0 Å². The number of aromatic amines is 1. The number of phenols is 1. The van der Waals surface area contributed by atoms with Gasteiger partial charge in [0, 0.05) is 23.1 Å². The Labute approximate surface area is 155 Å². The molecule has 0 aliphatic heterocycles.